The highest BCUT2D eigenvalue weighted by Crippen LogP contribution is 2.29. The molecule has 0 spiro atoms. The first-order valence-electron chi connectivity index (χ1n) is 13.1. The fraction of sp³-hybridized carbons (Fsp3) is 0.233. The van der Waals surface area contributed by atoms with Crippen LogP contribution in [0.3, 0.4) is 0 Å². The van der Waals surface area contributed by atoms with Gasteiger partial charge in [0.25, 0.3) is 0 Å². The SMILES string of the molecule is O=C(Cc1ccc(-c2cnc3[nH]c(-c4ccnc(N5CCOCC5)c4)cc3c2)nc1)Cc1ccnc(C(F)(F)F)c1. The van der Waals surface area contributed by atoms with Gasteiger partial charge >= 0.3 is 6.18 Å². The van der Waals surface area contributed by atoms with Crippen molar-refractivity contribution in [2.24, 2.45) is 0 Å². The molecule has 1 aliphatic heterocycles. The van der Waals surface area contributed by atoms with Crippen molar-refractivity contribution >= 4 is 22.6 Å². The number of Topliss-reactive ketones (excluding diaryl/α,β-unsaturated/α-hetero) is 1. The third-order valence-electron chi connectivity index (χ3n) is 6.90. The molecule has 5 aromatic heterocycles. The number of halogens is 3. The lowest BCUT2D eigenvalue weighted by atomic mass is 10.0. The maximum Gasteiger partial charge on any atom is 0.433 e. The summed E-state index contributed by atoms with van der Waals surface area (Å²) < 4.78 is 44.2. The number of aromatic nitrogens is 5. The van der Waals surface area contributed by atoms with Gasteiger partial charge in [-0.3, -0.25) is 14.8 Å². The molecule has 1 saturated heterocycles. The Hall–Kier alpha value is -4.64. The van der Waals surface area contributed by atoms with E-state index >= 15 is 0 Å². The Kier molecular flexibility index (Phi) is 7.19. The number of H-pyrrole nitrogens is 1. The lowest BCUT2D eigenvalue weighted by molar-refractivity contribution is -0.141. The minimum Gasteiger partial charge on any atom is -0.378 e. The van der Waals surface area contributed by atoms with Crippen LogP contribution in [-0.2, 0) is 28.5 Å². The number of ketones is 1. The van der Waals surface area contributed by atoms with E-state index in [0.717, 1.165) is 59.0 Å². The van der Waals surface area contributed by atoms with E-state index in [4.69, 9.17) is 4.74 Å². The van der Waals surface area contributed by atoms with Crippen molar-refractivity contribution in [3.63, 3.8) is 0 Å². The average Bonchev–Trinajstić information content (AvgIpc) is 3.42. The monoisotopic (exact) mass is 558 g/mol. The van der Waals surface area contributed by atoms with Crippen LogP contribution >= 0.6 is 0 Å². The van der Waals surface area contributed by atoms with Crippen molar-refractivity contribution < 1.29 is 22.7 Å². The summed E-state index contributed by atoms with van der Waals surface area (Å²) >= 11 is 0. The first-order valence-corrected chi connectivity index (χ1v) is 13.1. The van der Waals surface area contributed by atoms with Crippen LogP contribution in [0.2, 0.25) is 0 Å². The number of nitrogens with one attached hydrogen (secondary N) is 1. The molecule has 0 unspecified atom stereocenters. The second kappa shape index (κ2) is 11.1. The molecule has 0 aliphatic carbocycles. The number of rotatable bonds is 7. The van der Waals surface area contributed by atoms with Gasteiger partial charge in [-0.05, 0) is 53.6 Å². The molecule has 0 bridgehead atoms. The predicted molar refractivity (Wildman–Crippen MR) is 147 cm³/mol. The van der Waals surface area contributed by atoms with Crippen LogP contribution in [-0.4, -0.2) is 57.0 Å². The van der Waals surface area contributed by atoms with Crippen molar-refractivity contribution in [2.45, 2.75) is 19.0 Å². The average molecular weight is 559 g/mol. The number of carbonyl (C=O) groups is 1. The summed E-state index contributed by atoms with van der Waals surface area (Å²) in [7, 11) is 0. The number of morpholine rings is 1. The van der Waals surface area contributed by atoms with E-state index in [9.17, 15) is 18.0 Å². The molecule has 0 atom stereocenters. The number of hydrogen-bond acceptors (Lipinski definition) is 7. The highest BCUT2D eigenvalue weighted by Gasteiger charge is 2.32. The molecule has 6 heterocycles. The van der Waals surface area contributed by atoms with Crippen molar-refractivity contribution in [3.05, 3.63) is 90.1 Å². The van der Waals surface area contributed by atoms with Crippen molar-refractivity contribution in [1.82, 2.24) is 24.9 Å². The topological polar surface area (TPSA) is 96.9 Å². The molecule has 41 heavy (non-hydrogen) atoms. The molecule has 1 fully saturated rings. The maximum absolute atomic E-state index is 12.9. The molecule has 0 aromatic carbocycles. The third kappa shape index (κ3) is 6.09. The first-order chi connectivity index (χ1) is 19.8. The van der Waals surface area contributed by atoms with Gasteiger partial charge in [0, 0.05) is 72.9 Å². The van der Waals surface area contributed by atoms with Crippen LogP contribution in [0, 0.1) is 0 Å². The molecular formula is C30H25F3N6O2. The zero-order valence-corrected chi connectivity index (χ0v) is 21.9. The summed E-state index contributed by atoms with van der Waals surface area (Å²) in [5, 5.41) is 0.930. The number of nitrogens with zero attached hydrogens (tertiary/aromatic N) is 5. The number of fused-ring (bicyclic) bond motifs is 1. The number of anilines is 1. The molecule has 0 amide bonds. The van der Waals surface area contributed by atoms with Gasteiger partial charge < -0.3 is 14.6 Å². The quantitative estimate of drug-likeness (QED) is 0.290. The summed E-state index contributed by atoms with van der Waals surface area (Å²) in [5.74, 6) is 0.697. The largest absolute Gasteiger partial charge is 0.433 e. The van der Waals surface area contributed by atoms with Crippen molar-refractivity contribution in [1.29, 1.82) is 0 Å². The lowest BCUT2D eigenvalue weighted by Gasteiger charge is -2.27. The van der Waals surface area contributed by atoms with Crippen LogP contribution in [0.5, 0.6) is 0 Å². The molecule has 1 aliphatic rings. The Morgan fingerprint density at radius 1 is 0.854 bits per heavy atom. The minimum atomic E-state index is -4.55. The molecule has 8 nitrogen and oxygen atoms in total. The van der Waals surface area contributed by atoms with Gasteiger partial charge in [-0.1, -0.05) is 6.07 Å². The smallest absolute Gasteiger partial charge is 0.378 e. The van der Waals surface area contributed by atoms with E-state index in [1.807, 2.05) is 24.3 Å². The van der Waals surface area contributed by atoms with E-state index in [2.05, 4.69) is 35.9 Å². The van der Waals surface area contributed by atoms with Crippen molar-refractivity contribution in [3.8, 4) is 22.5 Å². The van der Waals surface area contributed by atoms with Crippen LogP contribution < -0.4 is 4.90 Å². The summed E-state index contributed by atoms with van der Waals surface area (Å²) in [4.78, 5) is 35.0. The van der Waals surface area contributed by atoms with E-state index in [1.54, 1.807) is 24.7 Å². The lowest BCUT2D eigenvalue weighted by Crippen LogP contribution is -2.36. The number of ether oxygens (including phenoxy) is 1. The number of pyridine rings is 4. The van der Waals surface area contributed by atoms with Gasteiger partial charge in [0.1, 0.15) is 22.9 Å². The van der Waals surface area contributed by atoms with Crippen LogP contribution in [0.25, 0.3) is 33.5 Å². The second-order valence-electron chi connectivity index (χ2n) is 9.84. The Bertz CT molecular complexity index is 1700. The maximum atomic E-state index is 12.9. The standard InChI is InChI=1S/C30H25F3N6O2/c31-30(32,33)27-13-19(3-5-34-27)11-24(40)12-20-1-2-25(36-17-20)23-14-22-15-26(38-29(22)37-18-23)21-4-6-35-28(16-21)39-7-9-41-10-8-39/h1-6,13-18H,7-12H2,(H,37,38). The van der Waals surface area contributed by atoms with Gasteiger partial charge in [0.05, 0.1) is 18.9 Å². The molecule has 11 heteroatoms. The van der Waals surface area contributed by atoms with Crippen LogP contribution in [0.1, 0.15) is 16.8 Å². The molecule has 5 aromatic rings. The van der Waals surface area contributed by atoms with E-state index < -0.39 is 11.9 Å². The van der Waals surface area contributed by atoms with Gasteiger partial charge in [-0.15, -0.1) is 0 Å². The van der Waals surface area contributed by atoms with Crippen LogP contribution in [0.4, 0.5) is 19.0 Å². The normalized spacial score (nSPS) is 14.0. The summed E-state index contributed by atoms with van der Waals surface area (Å²) in [6, 6.07) is 14.0. The van der Waals surface area contributed by atoms with Gasteiger partial charge in [-0.2, -0.15) is 13.2 Å². The highest BCUT2D eigenvalue weighted by atomic mass is 19.4. The third-order valence-corrected chi connectivity index (χ3v) is 6.90. The van der Waals surface area contributed by atoms with E-state index in [1.165, 1.54) is 6.07 Å². The molecule has 0 radical (unpaired) electrons. The van der Waals surface area contributed by atoms with Crippen molar-refractivity contribution in [2.75, 3.05) is 31.2 Å². The predicted octanol–water partition coefficient (Wildman–Crippen LogP) is 5.29. The zero-order chi connectivity index (χ0) is 28.4. The highest BCUT2D eigenvalue weighted by molar-refractivity contribution is 5.86. The Labute approximate surface area is 233 Å². The van der Waals surface area contributed by atoms with Crippen LogP contribution in [0.15, 0.2) is 73.3 Å². The van der Waals surface area contributed by atoms with Gasteiger partial charge in [0.2, 0.25) is 0 Å². The van der Waals surface area contributed by atoms with E-state index in [0.29, 0.717) is 24.5 Å². The Morgan fingerprint density at radius 3 is 2.44 bits per heavy atom. The Morgan fingerprint density at radius 2 is 1.66 bits per heavy atom. The van der Waals surface area contributed by atoms with Gasteiger partial charge in [-0.25, -0.2) is 9.97 Å². The minimum absolute atomic E-state index is 0.0633. The fourth-order valence-corrected chi connectivity index (χ4v) is 4.82. The second-order valence-corrected chi connectivity index (χ2v) is 9.84. The molecule has 1 N–H and O–H groups in total. The van der Waals surface area contributed by atoms with Gasteiger partial charge in [0.15, 0.2) is 0 Å². The number of aromatic amines is 1. The number of hydrogen-bond donors (Lipinski definition) is 1. The molecular weight excluding hydrogens is 533 g/mol. The zero-order valence-electron chi connectivity index (χ0n) is 21.9. The Balaban J connectivity index is 1.14. The number of alkyl halides is 3. The molecule has 6 rings (SSSR count). The summed E-state index contributed by atoms with van der Waals surface area (Å²) in [5.41, 5.74) is 4.15. The number of carbonyl (C=O) groups excluding carboxylic acids is 1. The van der Waals surface area contributed by atoms with E-state index in [-0.39, 0.29) is 24.2 Å². The fourth-order valence-electron chi connectivity index (χ4n) is 4.82. The summed E-state index contributed by atoms with van der Waals surface area (Å²) in [6.07, 6.45) is 1.62. The summed E-state index contributed by atoms with van der Waals surface area (Å²) in [6.45, 7) is 2.99. The first kappa shape index (κ1) is 26.6. The molecule has 0 saturated carbocycles. The molecule has 208 valence electrons.